The molecule has 1 aliphatic heterocycles. The minimum atomic E-state index is -0.234. The van der Waals surface area contributed by atoms with Crippen LogP contribution in [0.2, 0.25) is 0 Å². The molecule has 1 N–H and O–H groups in total. The maximum absolute atomic E-state index is 5.84. The zero-order chi connectivity index (χ0) is 16.4. The van der Waals surface area contributed by atoms with Crippen molar-refractivity contribution < 1.29 is 18.3 Å². The molecule has 0 spiro atoms. The second-order valence-corrected chi connectivity index (χ2v) is 5.52. The lowest BCUT2D eigenvalue weighted by Gasteiger charge is -2.04. The Kier molecular flexibility index (Phi) is 3.92. The monoisotopic (exact) mass is 327 g/mol. The number of furan rings is 1. The van der Waals surface area contributed by atoms with Crippen molar-refractivity contribution in [3.05, 3.63) is 59.4 Å². The Morgan fingerprint density at radius 3 is 2.88 bits per heavy atom. The number of benzene rings is 1. The van der Waals surface area contributed by atoms with E-state index in [0.29, 0.717) is 25.1 Å². The molecular formula is C17H17N3O4. The van der Waals surface area contributed by atoms with Crippen molar-refractivity contribution in [2.24, 2.45) is 0 Å². The highest BCUT2D eigenvalue weighted by Crippen LogP contribution is 2.36. The van der Waals surface area contributed by atoms with Gasteiger partial charge in [0.25, 0.3) is 5.89 Å². The summed E-state index contributed by atoms with van der Waals surface area (Å²) in [4.78, 5) is 0. The number of rotatable bonds is 6. The van der Waals surface area contributed by atoms with Crippen molar-refractivity contribution in [2.45, 2.75) is 25.7 Å². The van der Waals surface area contributed by atoms with Crippen LogP contribution in [0.15, 0.2) is 45.2 Å². The van der Waals surface area contributed by atoms with Gasteiger partial charge < -0.3 is 23.6 Å². The Hall–Kier alpha value is -2.80. The molecule has 3 heterocycles. The molecule has 0 radical (unpaired) electrons. The average molecular weight is 327 g/mol. The second kappa shape index (κ2) is 6.37. The molecule has 0 fully saturated rings. The van der Waals surface area contributed by atoms with E-state index in [1.54, 1.807) is 7.11 Å². The summed E-state index contributed by atoms with van der Waals surface area (Å²) >= 11 is 0. The SMILES string of the molecule is COCc1ccc(CNc2nnc(C3Cc4ccccc4O3)o2)o1. The maximum Gasteiger partial charge on any atom is 0.315 e. The predicted molar refractivity (Wildman–Crippen MR) is 84.6 cm³/mol. The van der Waals surface area contributed by atoms with E-state index in [1.807, 2.05) is 36.4 Å². The van der Waals surface area contributed by atoms with Gasteiger partial charge in [-0.1, -0.05) is 23.3 Å². The largest absolute Gasteiger partial charge is 0.480 e. The number of fused-ring (bicyclic) bond motifs is 1. The van der Waals surface area contributed by atoms with E-state index in [1.165, 1.54) is 0 Å². The van der Waals surface area contributed by atoms with Crippen LogP contribution < -0.4 is 10.1 Å². The van der Waals surface area contributed by atoms with E-state index in [2.05, 4.69) is 15.5 Å². The minimum Gasteiger partial charge on any atom is -0.480 e. The Morgan fingerprint density at radius 2 is 2.00 bits per heavy atom. The van der Waals surface area contributed by atoms with Crippen LogP contribution in [0.4, 0.5) is 6.01 Å². The second-order valence-electron chi connectivity index (χ2n) is 5.52. The highest BCUT2D eigenvalue weighted by molar-refractivity contribution is 5.38. The number of ether oxygens (including phenoxy) is 2. The number of para-hydroxylation sites is 1. The number of anilines is 1. The van der Waals surface area contributed by atoms with Crippen LogP contribution >= 0.6 is 0 Å². The van der Waals surface area contributed by atoms with Crippen LogP contribution in [0.5, 0.6) is 5.75 Å². The minimum absolute atomic E-state index is 0.234. The first-order chi connectivity index (χ1) is 11.8. The normalized spacial score (nSPS) is 16.0. The van der Waals surface area contributed by atoms with Crippen LogP contribution in [-0.4, -0.2) is 17.3 Å². The first kappa shape index (κ1) is 14.8. The number of nitrogens with one attached hydrogen (secondary N) is 1. The van der Waals surface area contributed by atoms with Crippen LogP contribution in [0.25, 0.3) is 0 Å². The van der Waals surface area contributed by atoms with Crippen LogP contribution in [0.3, 0.4) is 0 Å². The summed E-state index contributed by atoms with van der Waals surface area (Å²) in [5.74, 6) is 2.88. The average Bonchev–Trinajstić information content (AvgIpc) is 3.32. The number of hydrogen-bond donors (Lipinski definition) is 1. The van der Waals surface area contributed by atoms with Crippen molar-refractivity contribution in [2.75, 3.05) is 12.4 Å². The highest BCUT2D eigenvalue weighted by Gasteiger charge is 2.28. The van der Waals surface area contributed by atoms with Gasteiger partial charge in [0, 0.05) is 13.5 Å². The van der Waals surface area contributed by atoms with E-state index >= 15 is 0 Å². The molecule has 24 heavy (non-hydrogen) atoms. The van der Waals surface area contributed by atoms with E-state index in [-0.39, 0.29) is 6.10 Å². The van der Waals surface area contributed by atoms with Gasteiger partial charge in [0.05, 0.1) is 6.54 Å². The standard InChI is InChI=1S/C17H17N3O4/c1-21-10-13-7-6-12(22-13)9-18-17-20-19-16(24-17)15-8-11-4-2-3-5-14(11)23-15/h2-7,15H,8-10H2,1H3,(H,18,20). The molecule has 1 aliphatic rings. The third-order valence-electron chi connectivity index (χ3n) is 3.78. The van der Waals surface area contributed by atoms with Crippen LogP contribution in [0.1, 0.15) is 29.1 Å². The van der Waals surface area contributed by atoms with Crippen molar-refractivity contribution >= 4 is 6.01 Å². The lowest BCUT2D eigenvalue weighted by atomic mass is 10.1. The molecule has 7 heteroatoms. The number of methoxy groups -OCH3 is 1. The fraction of sp³-hybridized carbons (Fsp3) is 0.294. The quantitative estimate of drug-likeness (QED) is 0.745. The summed E-state index contributed by atoms with van der Waals surface area (Å²) in [7, 11) is 1.63. The predicted octanol–water partition coefficient (Wildman–Crippen LogP) is 3.10. The van der Waals surface area contributed by atoms with Gasteiger partial charge >= 0.3 is 6.01 Å². The number of hydrogen-bond acceptors (Lipinski definition) is 7. The molecule has 1 unspecified atom stereocenters. The first-order valence-corrected chi connectivity index (χ1v) is 7.70. The molecular weight excluding hydrogens is 310 g/mol. The zero-order valence-electron chi connectivity index (χ0n) is 13.2. The highest BCUT2D eigenvalue weighted by atomic mass is 16.5. The van der Waals surface area contributed by atoms with Crippen molar-refractivity contribution in [1.29, 1.82) is 0 Å². The first-order valence-electron chi connectivity index (χ1n) is 7.70. The Balaban J connectivity index is 1.37. The fourth-order valence-corrected chi connectivity index (χ4v) is 2.66. The molecule has 0 saturated carbocycles. The zero-order valence-corrected chi connectivity index (χ0v) is 13.2. The van der Waals surface area contributed by atoms with E-state index in [0.717, 1.165) is 29.3 Å². The molecule has 3 aromatic rings. The molecule has 4 rings (SSSR count). The summed E-state index contributed by atoms with van der Waals surface area (Å²) in [5, 5.41) is 11.1. The van der Waals surface area contributed by atoms with Gasteiger partial charge in [-0.25, -0.2) is 0 Å². The molecule has 0 amide bonds. The summed E-state index contributed by atoms with van der Waals surface area (Å²) in [6.45, 7) is 0.904. The molecule has 1 atom stereocenters. The van der Waals surface area contributed by atoms with Gasteiger partial charge in [0.1, 0.15) is 23.9 Å². The molecule has 2 aromatic heterocycles. The van der Waals surface area contributed by atoms with Gasteiger partial charge in [-0.15, -0.1) is 5.10 Å². The van der Waals surface area contributed by atoms with Crippen molar-refractivity contribution in [1.82, 2.24) is 10.2 Å². The molecule has 1 aromatic carbocycles. The Bertz CT molecular complexity index is 802. The fourth-order valence-electron chi connectivity index (χ4n) is 2.66. The van der Waals surface area contributed by atoms with Crippen molar-refractivity contribution in [3.8, 4) is 5.75 Å². The molecule has 0 aliphatic carbocycles. The van der Waals surface area contributed by atoms with Crippen LogP contribution in [-0.2, 0) is 24.3 Å². The summed E-state index contributed by atoms with van der Waals surface area (Å²) < 4.78 is 22.1. The summed E-state index contributed by atoms with van der Waals surface area (Å²) in [5.41, 5.74) is 1.15. The van der Waals surface area contributed by atoms with Crippen molar-refractivity contribution in [3.63, 3.8) is 0 Å². The van der Waals surface area contributed by atoms with Gasteiger partial charge in [-0.3, -0.25) is 0 Å². The van der Waals surface area contributed by atoms with Crippen LogP contribution in [0, 0.1) is 0 Å². The third-order valence-corrected chi connectivity index (χ3v) is 3.78. The molecule has 0 saturated heterocycles. The summed E-state index contributed by atoms with van der Waals surface area (Å²) in [6.07, 6.45) is 0.499. The molecule has 7 nitrogen and oxygen atoms in total. The third kappa shape index (κ3) is 2.98. The number of aromatic nitrogens is 2. The molecule has 124 valence electrons. The van der Waals surface area contributed by atoms with E-state index < -0.39 is 0 Å². The Morgan fingerprint density at radius 1 is 1.12 bits per heavy atom. The maximum atomic E-state index is 5.84. The lowest BCUT2D eigenvalue weighted by Crippen LogP contribution is -2.03. The van der Waals surface area contributed by atoms with Gasteiger partial charge in [-0.2, -0.15) is 0 Å². The smallest absolute Gasteiger partial charge is 0.315 e. The lowest BCUT2D eigenvalue weighted by molar-refractivity contribution is 0.163. The summed E-state index contributed by atoms with van der Waals surface area (Å²) in [6, 6.07) is 12.0. The molecule has 0 bridgehead atoms. The number of nitrogens with zero attached hydrogens (tertiary/aromatic N) is 2. The topological polar surface area (TPSA) is 82.5 Å². The van der Waals surface area contributed by atoms with E-state index in [4.69, 9.17) is 18.3 Å². The van der Waals surface area contributed by atoms with Gasteiger partial charge in [0.15, 0.2) is 6.10 Å². The van der Waals surface area contributed by atoms with E-state index in [9.17, 15) is 0 Å². The Labute approximate surface area is 138 Å². The van der Waals surface area contributed by atoms with Gasteiger partial charge in [0.2, 0.25) is 0 Å². The van der Waals surface area contributed by atoms with Gasteiger partial charge in [-0.05, 0) is 23.8 Å².